The number of aromatic nitrogens is 1. The highest BCUT2D eigenvalue weighted by Crippen LogP contribution is 2.19. The van der Waals surface area contributed by atoms with Crippen molar-refractivity contribution in [3.63, 3.8) is 0 Å². The van der Waals surface area contributed by atoms with Gasteiger partial charge in [-0.15, -0.1) is 0 Å². The summed E-state index contributed by atoms with van der Waals surface area (Å²) in [4.78, 5) is 13.4. The Balaban J connectivity index is 2.17. The number of aromatic amines is 1. The molecule has 5 nitrogen and oxygen atoms in total. The second kappa shape index (κ2) is 4.42. The molecule has 0 bridgehead atoms. The summed E-state index contributed by atoms with van der Waals surface area (Å²) in [5, 5.41) is 10.2. The summed E-state index contributed by atoms with van der Waals surface area (Å²) in [5.74, 6) is 4.96. The van der Waals surface area contributed by atoms with Crippen LogP contribution < -0.4 is 5.84 Å². The number of carbonyl (C=O) groups is 1. The molecule has 0 fully saturated rings. The zero-order chi connectivity index (χ0) is 12.4. The third-order valence-corrected chi connectivity index (χ3v) is 2.60. The number of nitrogens with zero attached hydrogens (tertiary/aromatic N) is 1. The average molecular weight is 237 g/mol. The Morgan fingerprint density at radius 3 is 3.00 bits per heavy atom. The van der Waals surface area contributed by atoms with Crippen LogP contribution in [0.4, 0.5) is 9.18 Å². The van der Waals surface area contributed by atoms with E-state index in [1.807, 2.05) is 0 Å². The molecule has 0 saturated carbocycles. The molecule has 6 heteroatoms. The molecule has 0 saturated heterocycles. The molecule has 0 aliphatic carbocycles. The molecule has 17 heavy (non-hydrogen) atoms. The molecular formula is C11H12FN3O2. The number of H-pyrrole nitrogens is 1. The van der Waals surface area contributed by atoms with Gasteiger partial charge in [0.2, 0.25) is 0 Å². The molecule has 1 aromatic carbocycles. The number of hydrogen-bond donors (Lipinski definition) is 3. The van der Waals surface area contributed by atoms with Gasteiger partial charge in [0.1, 0.15) is 5.82 Å². The molecule has 0 radical (unpaired) electrons. The first-order chi connectivity index (χ1) is 8.08. The van der Waals surface area contributed by atoms with E-state index in [-0.39, 0.29) is 12.4 Å². The van der Waals surface area contributed by atoms with Crippen LogP contribution in [0.3, 0.4) is 0 Å². The average Bonchev–Trinajstić information content (AvgIpc) is 2.67. The maximum absolute atomic E-state index is 12.9. The minimum atomic E-state index is -1.17. The Labute approximate surface area is 96.6 Å². The van der Waals surface area contributed by atoms with Crippen LogP contribution in [0.1, 0.15) is 5.56 Å². The van der Waals surface area contributed by atoms with Crippen LogP contribution in [0.25, 0.3) is 10.9 Å². The maximum atomic E-state index is 12.9. The highest BCUT2D eigenvalue weighted by atomic mass is 19.1. The number of carboxylic acid groups (broad SMARTS) is 1. The van der Waals surface area contributed by atoms with Crippen LogP contribution >= 0.6 is 0 Å². The summed E-state index contributed by atoms with van der Waals surface area (Å²) in [5.41, 5.74) is 1.61. The molecule has 0 unspecified atom stereocenters. The van der Waals surface area contributed by atoms with Gasteiger partial charge in [0, 0.05) is 23.6 Å². The lowest BCUT2D eigenvalue weighted by Gasteiger charge is -2.11. The van der Waals surface area contributed by atoms with E-state index in [1.54, 1.807) is 12.3 Å². The number of nitrogens with two attached hydrogens (primary N) is 1. The molecule has 0 atom stereocenters. The van der Waals surface area contributed by atoms with Crippen molar-refractivity contribution in [2.45, 2.75) is 6.42 Å². The number of rotatable bonds is 3. The van der Waals surface area contributed by atoms with Crippen molar-refractivity contribution in [2.75, 3.05) is 6.54 Å². The summed E-state index contributed by atoms with van der Waals surface area (Å²) in [6.07, 6.45) is 1.05. The van der Waals surface area contributed by atoms with E-state index in [0.717, 1.165) is 16.0 Å². The molecule has 1 amide bonds. The Kier molecular flexibility index (Phi) is 2.97. The molecule has 0 aliphatic rings. The van der Waals surface area contributed by atoms with E-state index in [0.29, 0.717) is 11.9 Å². The largest absolute Gasteiger partial charge is 0.464 e. The Morgan fingerprint density at radius 2 is 2.29 bits per heavy atom. The molecular weight excluding hydrogens is 225 g/mol. The zero-order valence-electron chi connectivity index (χ0n) is 8.98. The second-order valence-electron chi connectivity index (χ2n) is 3.73. The molecule has 0 aliphatic heterocycles. The van der Waals surface area contributed by atoms with E-state index < -0.39 is 6.09 Å². The lowest BCUT2D eigenvalue weighted by Crippen LogP contribution is -2.37. The third-order valence-electron chi connectivity index (χ3n) is 2.60. The van der Waals surface area contributed by atoms with Gasteiger partial charge in [-0.1, -0.05) is 0 Å². The smallest absolute Gasteiger partial charge is 0.421 e. The minimum Gasteiger partial charge on any atom is -0.464 e. The van der Waals surface area contributed by atoms with E-state index >= 15 is 0 Å². The summed E-state index contributed by atoms with van der Waals surface area (Å²) in [6, 6.07) is 4.44. The van der Waals surface area contributed by atoms with Crippen LogP contribution in [0.15, 0.2) is 24.4 Å². The SMILES string of the molecule is NN(CCc1c[nH]c2cc(F)ccc12)C(=O)O. The molecule has 4 N–H and O–H groups in total. The third kappa shape index (κ3) is 2.36. The van der Waals surface area contributed by atoms with Gasteiger partial charge in [0.15, 0.2) is 0 Å². The Morgan fingerprint density at radius 1 is 1.53 bits per heavy atom. The zero-order valence-corrected chi connectivity index (χ0v) is 8.98. The summed E-state index contributed by atoms with van der Waals surface area (Å²) < 4.78 is 12.9. The predicted molar refractivity (Wildman–Crippen MR) is 60.9 cm³/mol. The Hall–Kier alpha value is -2.08. The van der Waals surface area contributed by atoms with Gasteiger partial charge in [0.25, 0.3) is 0 Å². The van der Waals surface area contributed by atoms with Crippen LogP contribution in [-0.2, 0) is 6.42 Å². The van der Waals surface area contributed by atoms with E-state index in [9.17, 15) is 9.18 Å². The second-order valence-corrected chi connectivity index (χ2v) is 3.73. The molecule has 1 heterocycles. The monoisotopic (exact) mass is 237 g/mol. The van der Waals surface area contributed by atoms with Crippen molar-refractivity contribution >= 4 is 17.0 Å². The van der Waals surface area contributed by atoms with E-state index in [2.05, 4.69) is 4.98 Å². The molecule has 0 spiro atoms. The predicted octanol–water partition coefficient (Wildman–Crippen LogP) is 1.70. The first kappa shape index (κ1) is 11.4. The number of hydrazine groups is 1. The van der Waals surface area contributed by atoms with Crippen molar-refractivity contribution in [3.8, 4) is 0 Å². The summed E-state index contributed by atoms with van der Waals surface area (Å²) >= 11 is 0. The standard InChI is InChI=1S/C11H12FN3O2/c12-8-1-2-9-7(6-14-10(9)5-8)3-4-15(13)11(16)17/h1-2,5-6,14H,3-4,13H2,(H,16,17). The number of halogens is 1. The number of nitrogens with one attached hydrogen (secondary N) is 1. The Bertz CT molecular complexity index is 553. The van der Waals surface area contributed by atoms with Crippen molar-refractivity contribution in [1.29, 1.82) is 0 Å². The number of amides is 1. The first-order valence-corrected chi connectivity index (χ1v) is 5.08. The van der Waals surface area contributed by atoms with Crippen molar-refractivity contribution in [1.82, 2.24) is 9.99 Å². The van der Waals surface area contributed by atoms with Gasteiger partial charge in [-0.2, -0.15) is 0 Å². The maximum Gasteiger partial charge on any atom is 0.421 e. The van der Waals surface area contributed by atoms with Crippen LogP contribution in [0.2, 0.25) is 0 Å². The van der Waals surface area contributed by atoms with Gasteiger partial charge in [-0.25, -0.2) is 20.0 Å². The van der Waals surface area contributed by atoms with Gasteiger partial charge < -0.3 is 10.1 Å². The number of fused-ring (bicyclic) bond motifs is 1. The van der Waals surface area contributed by atoms with Gasteiger partial charge in [-0.05, 0) is 30.2 Å². The van der Waals surface area contributed by atoms with Crippen molar-refractivity contribution in [3.05, 3.63) is 35.8 Å². The van der Waals surface area contributed by atoms with Crippen LogP contribution in [0.5, 0.6) is 0 Å². The lowest BCUT2D eigenvalue weighted by molar-refractivity contribution is 0.146. The normalized spacial score (nSPS) is 10.7. The van der Waals surface area contributed by atoms with E-state index in [1.165, 1.54) is 12.1 Å². The minimum absolute atomic E-state index is 0.194. The topological polar surface area (TPSA) is 82.3 Å². The molecule has 2 rings (SSSR count). The highest BCUT2D eigenvalue weighted by Gasteiger charge is 2.09. The van der Waals surface area contributed by atoms with Gasteiger partial charge >= 0.3 is 6.09 Å². The molecule has 1 aromatic heterocycles. The first-order valence-electron chi connectivity index (χ1n) is 5.08. The fraction of sp³-hybridized carbons (Fsp3) is 0.182. The van der Waals surface area contributed by atoms with Gasteiger partial charge in [-0.3, -0.25) is 0 Å². The number of benzene rings is 1. The summed E-state index contributed by atoms with van der Waals surface area (Å²) in [7, 11) is 0. The number of hydrogen-bond acceptors (Lipinski definition) is 2. The molecule has 90 valence electrons. The highest BCUT2D eigenvalue weighted by molar-refractivity contribution is 5.83. The van der Waals surface area contributed by atoms with Crippen molar-refractivity contribution in [2.24, 2.45) is 5.84 Å². The van der Waals surface area contributed by atoms with Crippen LogP contribution in [0, 0.1) is 5.82 Å². The van der Waals surface area contributed by atoms with E-state index in [4.69, 9.17) is 10.9 Å². The fourth-order valence-electron chi connectivity index (χ4n) is 1.70. The van der Waals surface area contributed by atoms with Crippen molar-refractivity contribution < 1.29 is 14.3 Å². The fourth-order valence-corrected chi connectivity index (χ4v) is 1.70. The molecule has 2 aromatic rings. The van der Waals surface area contributed by atoms with Crippen LogP contribution in [-0.4, -0.2) is 27.7 Å². The summed E-state index contributed by atoms with van der Waals surface area (Å²) in [6.45, 7) is 0.194. The lowest BCUT2D eigenvalue weighted by atomic mass is 10.1. The van der Waals surface area contributed by atoms with Gasteiger partial charge in [0.05, 0.1) is 0 Å². The quantitative estimate of drug-likeness (QED) is 0.431.